The van der Waals surface area contributed by atoms with E-state index in [1.54, 1.807) is 18.2 Å². The number of pyridine rings is 1. The average molecular weight is 292 g/mol. The molecule has 0 aromatic carbocycles. The van der Waals surface area contributed by atoms with Crippen molar-refractivity contribution in [3.8, 4) is 0 Å². The normalized spacial score (nSPS) is 11.6. The van der Waals surface area contributed by atoms with E-state index < -0.39 is 17.2 Å². The van der Waals surface area contributed by atoms with Gasteiger partial charge in [0.25, 0.3) is 0 Å². The van der Waals surface area contributed by atoms with E-state index in [1.165, 1.54) is 6.20 Å². The molecule has 0 saturated heterocycles. The van der Waals surface area contributed by atoms with Crippen molar-refractivity contribution in [2.75, 3.05) is 0 Å². The first-order valence-corrected chi connectivity index (χ1v) is 5.85. The molecule has 0 radical (unpaired) electrons. The maximum atomic E-state index is 12.5. The second kappa shape index (κ2) is 5.11. The summed E-state index contributed by atoms with van der Waals surface area (Å²) >= 11 is 6.45. The van der Waals surface area contributed by atoms with Crippen molar-refractivity contribution in [2.24, 2.45) is 0 Å². The van der Waals surface area contributed by atoms with Gasteiger partial charge in [-0.05, 0) is 35.5 Å². The fourth-order valence-electron chi connectivity index (χ4n) is 1.11. The van der Waals surface area contributed by atoms with Crippen LogP contribution >= 0.6 is 23.4 Å². The molecule has 0 bridgehead atoms. The number of halogens is 4. The predicted octanol–water partition coefficient (Wildman–Crippen LogP) is 3.70. The van der Waals surface area contributed by atoms with Crippen LogP contribution in [0.5, 0.6) is 0 Å². The van der Waals surface area contributed by atoms with Crippen molar-refractivity contribution in [3.05, 3.63) is 41.4 Å². The van der Waals surface area contributed by atoms with E-state index in [2.05, 4.69) is 15.0 Å². The molecule has 3 nitrogen and oxygen atoms in total. The van der Waals surface area contributed by atoms with Gasteiger partial charge < -0.3 is 0 Å². The molecule has 2 heterocycles. The summed E-state index contributed by atoms with van der Waals surface area (Å²) < 4.78 is 37.5. The lowest BCUT2D eigenvalue weighted by molar-refractivity contribution is -0.141. The maximum absolute atomic E-state index is 12.5. The number of aromatic nitrogens is 3. The van der Waals surface area contributed by atoms with Gasteiger partial charge >= 0.3 is 6.18 Å². The van der Waals surface area contributed by atoms with Crippen LogP contribution in [0.4, 0.5) is 13.2 Å². The molecule has 0 saturated carbocycles. The molecular weight excluding hydrogens is 287 g/mol. The Labute approximate surface area is 109 Å². The van der Waals surface area contributed by atoms with Gasteiger partial charge in [-0.25, -0.2) is 15.0 Å². The van der Waals surface area contributed by atoms with Crippen LogP contribution in [0.25, 0.3) is 0 Å². The highest BCUT2D eigenvalue weighted by atomic mass is 35.5. The fraction of sp³-hybridized carbons (Fsp3) is 0.100. The fourth-order valence-corrected chi connectivity index (χ4v) is 2.12. The van der Waals surface area contributed by atoms with Crippen LogP contribution in [0.15, 0.2) is 40.5 Å². The van der Waals surface area contributed by atoms with Crippen molar-refractivity contribution in [3.63, 3.8) is 0 Å². The Kier molecular flexibility index (Phi) is 3.72. The van der Waals surface area contributed by atoms with Crippen LogP contribution in [0.2, 0.25) is 5.28 Å². The van der Waals surface area contributed by atoms with Crippen molar-refractivity contribution >= 4 is 23.4 Å². The predicted molar refractivity (Wildman–Crippen MR) is 60.4 cm³/mol. The van der Waals surface area contributed by atoms with Crippen molar-refractivity contribution < 1.29 is 13.2 Å². The SMILES string of the molecule is FC(F)(F)c1cc(Sc2ccccn2)nc(Cl)n1. The second-order valence-corrected chi connectivity index (χ2v) is 4.51. The molecule has 2 aromatic heterocycles. The van der Waals surface area contributed by atoms with E-state index in [9.17, 15) is 13.2 Å². The maximum Gasteiger partial charge on any atom is 0.433 e. The zero-order valence-corrected chi connectivity index (χ0v) is 10.2. The Hall–Kier alpha value is -1.34. The zero-order valence-electron chi connectivity index (χ0n) is 8.65. The Bertz CT molecular complexity index is 548. The van der Waals surface area contributed by atoms with E-state index >= 15 is 0 Å². The van der Waals surface area contributed by atoms with Gasteiger partial charge in [0, 0.05) is 12.3 Å². The molecule has 8 heteroatoms. The largest absolute Gasteiger partial charge is 0.433 e. The average Bonchev–Trinajstić information content (AvgIpc) is 2.28. The molecule has 0 N–H and O–H groups in total. The molecule has 0 atom stereocenters. The van der Waals surface area contributed by atoms with Gasteiger partial charge in [0.15, 0.2) is 5.69 Å². The molecule has 2 rings (SSSR count). The van der Waals surface area contributed by atoms with Crippen LogP contribution in [0.3, 0.4) is 0 Å². The minimum atomic E-state index is -4.55. The number of nitrogens with zero attached hydrogens (tertiary/aromatic N) is 3. The van der Waals surface area contributed by atoms with Gasteiger partial charge in [-0.2, -0.15) is 13.2 Å². The quantitative estimate of drug-likeness (QED) is 0.625. The Balaban J connectivity index is 2.32. The van der Waals surface area contributed by atoms with E-state index in [0.717, 1.165) is 17.8 Å². The summed E-state index contributed by atoms with van der Waals surface area (Å²) in [6.07, 6.45) is -3.01. The topological polar surface area (TPSA) is 38.7 Å². The summed E-state index contributed by atoms with van der Waals surface area (Å²) in [4.78, 5) is 10.8. The molecule has 0 aliphatic heterocycles. The molecule has 94 valence electrons. The molecule has 0 amide bonds. The third kappa shape index (κ3) is 3.33. The third-order valence-electron chi connectivity index (χ3n) is 1.81. The van der Waals surface area contributed by atoms with E-state index in [0.29, 0.717) is 5.03 Å². The molecule has 0 aliphatic carbocycles. The van der Waals surface area contributed by atoms with Crippen LogP contribution in [0.1, 0.15) is 5.69 Å². The summed E-state index contributed by atoms with van der Waals surface area (Å²) in [6.45, 7) is 0. The molecule has 2 aromatic rings. The Morgan fingerprint density at radius 2 is 1.89 bits per heavy atom. The van der Waals surface area contributed by atoms with Crippen LogP contribution < -0.4 is 0 Å². The van der Waals surface area contributed by atoms with E-state index in [-0.39, 0.29) is 5.03 Å². The number of rotatable bonds is 2. The highest BCUT2D eigenvalue weighted by Gasteiger charge is 2.33. The van der Waals surface area contributed by atoms with Gasteiger partial charge in [-0.15, -0.1) is 0 Å². The van der Waals surface area contributed by atoms with Gasteiger partial charge in [0.2, 0.25) is 5.28 Å². The van der Waals surface area contributed by atoms with Crippen molar-refractivity contribution in [1.82, 2.24) is 15.0 Å². The Morgan fingerprint density at radius 1 is 1.11 bits per heavy atom. The lowest BCUT2D eigenvalue weighted by Crippen LogP contribution is -2.09. The number of alkyl halides is 3. The van der Waals surface area contributed by atoms with E-state index in [4.69, 9.17) is 11.6 Å². The number of hydrogen-bond acceptors (Lipinski definition) is 4. The van der Waals surface area contributed by atoms with E-state index in [1.807, 2.05) is 0 Å². The molecular formula is C10H5ClF3N3S. The molecule has 0 aliphatic rings. The van der Waals surface area contributed by atoms with Crippen LogP contribution in [-0.2, 0) is 6.18 Å². The summed E-state index contributed by atoms with van der Waals surface area (Å²) in [5.74, 6) is 0. The highest BCUT2D eigenvalue weighted by molar-refractivity contribution is 7.99. The van der Waals surface area contributed by atoms with Gasteiger partial charge in [-0.3, -0.25) is 0 Å². The zero-order chi connectivity index (χ0) is 13.2. The summed E-state index contributed by atoms with van der Waals surface area (Å²) in [6, 6.07) is 5.93. The second-order valence-electron chi connectivity index (χ2n) is 3.13. The van der Waals surface area contributed by atoms with Gasteiger partial charge in [-0.1, -0.05) is 6.07 Å². The van der Waals surface area contributed by atoms with Crippen molar-refractivity contribution in [1.29, 1.82) is 0 Å². The number of hydrogen-bond donors (Lipinski definition) is 0. The first-order chi connectivity index (χ1) is 8.45. The molecule has 0 unspecified atom stereocenters. The smallest absolute Gasteiger partial charge is 0.250 e. The first-order valence-electron chi connectivity index (χ1n) is 4.66. The Morgan fingerprint density at radius 3 is 2.50 bits per heavy atom. The lowest BCUT2D eigenvalue weighted by atomic mass is 10.4. The van der Waals surface area contributed by atoms with Gasteiger partial charge in [0.1, 0.15) is 10.1 Å². The summed E-state index contributed by atoms with van der Waals surface area (Å²) in [7, 11) is 0. The molecule has 0 spiro atoms. The van der Waals surface area contributed by atoms with Crippen molar-refractivity contribution in [2.45, 2.75) is 16.2 Å². The summed E-state index contributed by atoms with van der Waals surface area (Å²) in [5.41, 5.74) is -1.07. The summed E-state index contributed by atoms with van der Waals surface area (Å²) in [5, 5.41) is 0.185. The van der Waals surface area contributed by atoms with Crippen LogP contribution in [-0.4, -0.2) is 15.0 Å². The molecule has 18 heavy (non-hydrogen) atoms. The lowest BCUT2D eigenvalue weighted by Gasteiger charge is -2.07. The molecule has 0 fully saturated rings. The van der Waals surface area contributed by atoms with Crippen LogP contribution in [0, 0.1) is 0 Å². The highest BCUT2D eigenvalue weighted by Crippen LogP contribution is 2.32. The monoisotopic (exact) mass is 291 g/mol. The standard InChI is InChI=1S/C10H5ClF3N3S/c11-9-16-6(10(12,13)14)5-8(17-9)18-7-3-1-2-4-15-7/h1-5H. The van der Waals surface area contributed by atoms with Gasteiger partial charge in [0.05, 0.1) is 0 Å². The first kappa shape index (κ1) is 13.1. The minimum absolute atomic E-state index is 0.0982. The third-order valence-corrected chi connectivity index (χ3v) is 2.85. The minimum Gasteiger partial charge on any atom is -0.250 e.